The first-order valence-corrected chi connectivity index (χ1v) is 6.73. The third-order valence-electron chi connectivity index (χ3n) is 3.53. The van der Waals surface area contributed by atoms with Crippen molar-refractivity contribution in [3.05, 3.63) is 23.8 Å². The molecule has 3 heteroatoms. The minimum atomic E-state index is 0.433. The summed E-state index contributed by atoms with van der Waals surface area (Å²) in [6.07, 6.45) is 3.99. The quantitative estimate of drug-likeness (QED) is 0.805. The Bertz CT molecular complexity index is 388. The van der Waals surface area contributed by atoms with Crippen molar-refractivity contribution in [1.29, 1.82) is 0 Å². The zero-order valence-electron chi connectivity index (χ0n) is 11.5. The fourth-order valence-electron chi connectivity index (χ4n) is 2.34. The van der Waals surface area contributed by atoms with Crippen LogP contribution in [0.3, 0.4) is 0 Å². The van der Waals surface area contributed by atoms with Gasteiger partial charge >= 0.3 is 0 Å². The maximum absolute atomic E-state index is 5.37. The van der Waals surface area contributed by atoms with Gasteiger partial charge in [0.2, 0.25) is 0 Å². The highest BCUT2D eigenvalue weighted by atomic mass is 16.5. The van der Waals surface area contributed by atoms with Crippen LogP contribution in [0.5, 0.6) is 11.5 Å². The molecule has 1 fully saturated rings. The zero-order valence-corrected chi connectivity index (χ0v) is 11.5. The Morgan fingerprint density at radius 1 is 1.22 bits per heavy atom. The normalized spacial score (nSPS) is 16.4. The lowest BCUT2D eigenvalue weighted by Crippen LogP contribution is -2.21. The van der Waals surface area contributed by atoms with Crippen LogP contribution in [0.2, 0.25) is 0 Å². The van der Waals surface area contributed by atoms with E-state index in [2.05, 4.69) is 24.4 Å². The maximum atomic E-state index is 5.37. The molecule has 1 atom stereocenters. The van der Waals surface area contributed by atoms with E-state index in [0.717, 1.165) is 24.0 Å². The van der Waals surface area contributed by atoms with Gasteiger partial charge in [0.1, 0.15) is 0 Å². The predicted molar refractivity (Wildman–Crippen MR) is 73.3 cm³/mol. The summed E-state index contributed by atoms with van der Waals surface area (Å²) in [4.78, 5) is 0. The zero-order chi connectivity index (χ0) is 13.0. The largest absolute Gasteiger partial charge is 0.493 e. The van der Waals surface area contributed by atoms with E-state index in [1.54, 1.807) is 14.2 Å². The fourth-order valence-corrected chi connectivity index (χ4v) is 2.34. The Labute approximate surface area is 109 Å². The Balaban J connectivity index is 2.17. The molecule has 1 N–H and O–H groups in total. The molecule has 1 aromatic rings. The average Bonchev–Trinajstić information content (AvgIpc) is 3.21. The molecule has 0 aliphatic heterocycles. The van der Waals surface area contributed by atoms with Gasteiger partial charge in [0.05, 0.1) is 14.2 Å². The van der Waals surface area contributed by atoms with Gasteiger partial charge in [0.25, 0.3) is 0 Å². The summed E-state index contributed by atoms with van der Waals surface area (Å²) in [7, 11) is 3.36. The summed E-state index contributed by atoms with van der Waals surface area (Å²) in [5.74, 6) is 2.51. The number of hydrogen-bond acceptors (Lipinski definition) is 3. The first-order chi connectivity index (χ1) is 8.78. The average molecular weight is 249 g/mol. The van der Waals surface area contributed by atoms with Crippen LogP contribution in [-0.4, -0.2) is 20.8 Å². The van der Waals surface area contributed by atoms with Crippen molar-refractivity contribution in [1.82, 2.24) is 5.32 Å². The predicted octanol–water partition coefficient (Wildman–Crippen LogP) is 3.15. The van der Waals surface area contributed by atoms with Gasteiger partial charge in [-0.3, -0.25) is 0 Å². The summed E-state index contributed by atoms with van der Waals surface area (Å²) in [6, 6.07) is 6.65. The van der Waals surface area contributed by atoms with E-state index in [1.807, 2.05) is 6.07 Å². The van der Waals surface area contributed by atoms with Crippen LogP contribution in [0.4, 0.5) is 0 Å². The molecule has 0 bridgehead atoms. The van der Waals surface area contributed by atoms with Crippen LogP contribution in [0.15, 0.2) is 18.2 Å². The second-order valence-electron chi connectivity index (χ2n) is 4.90. The number of methoxy groups -OCH3 is 2. The van der Waals surface area contributed by atoms with Gasteiger partial charge in [-0.1, -0.05) is 25.8 Å². The van der Waals surface area contributed by atoms with Crippen LogP contribution in [0, 0.1) is 5.92 Å². The van der Waals surface area contributed by atoms with E-state index in [1.165, 1.54) is 24.8 Å². The monoisotopic (exact) mass is 249 g/mol. The molecule has 0 spiro atoms. The molecule has 18 heavy (non-hydrogen) atoms. The van der Waals surface area contributed by atoms with Crippen molar-refractivity contribution in [2.45, 2.75) is 32.2 Å². The van der Waals surface area contributed by atoms with Crippen LogP contribution in [0.1, 0.15) is 37.8 Å². The van der Waals surface area contributed by atoms with Crippen LogP contribution < -0.4 is 14.8 Å². The van der Waals surface area contributed by atoms with Crippen molar-refractivity contribution >= 4 is 0 Å². The summed E-state index contributed by atoms with van der Waals surface area (Å²) in [6.45, 7) is 3.15. The minimum Gasteiger partial charge on any atom is -0.493 e. The van der Waals surface area contributed by atoms with Crippen molar-refractivity contribution in [3.63, 3.8) is 0 Å². The smallest absolute Gasteiger partial charge is 0.161 e. The van der Waals surface area contributed by atoms with Gasteiger partial charge < -0.3 is 14.8 Å². The van der Waals surface area contributed by atoms with E-state index in [9.17, 15) is 0 Å². The van der Waals surface area contributed by atoms with E-state index in [4.69, 9.17) is 9.47 Å². The van der Waals surface area contributed by atoms with Crippen LogP contribution >= 0.6 is 0 Å². The standard InChI is InChI=1S/C15H23NO2/c1-4-16-13(9-11-5-6-11)12-7-8-14(17-2)15(10-12)18-3/h7-8,10-11,13,16H,4-6,9H2,1-3H3. The van der Waals surface area contributed by atoms with Crippen molar-refractivity contribution in [2.24, 2.45) is 5.92 Å². The number of hydrogen-bond donors (Lipinski definition) is 1. The topological polar surface area (TPSA) is 30.5 Å². The molecule has 1 aliphatic carbocycles. The molecule has 0 heterocycles. The molecule has 0 radical (unpaired) electrons. The molecule has 0 amide bonds. The van der Waals surface area contributed by atoms with Gasteiger partial charge in [-0.2, -0.15) is 0 Å². The molecule has 3 nitrogen and oxygen atoms in total. The molecule has 0 aromatic heterocycles. The minimum absolute atomic E-state index is 0.433. The third-order valence-corrected chi connectivity index (χ3v) is 3.53. The number of rotatable bonds is 7. The molecule has 0 saturated heterocycles. The van der Waals surface area contributed by atoms with Gasteiger partial charge in [-0.15, -0.1) is 0 Å². The fraction of sp³-hybridized carbons (Fsp3) is 0.600. The summed E-state index contributed by atoms with van der Waals surface area (Å²) >= 11 is 0. The highest BCUT2D eigenvalue weighted by molar-refractivity contribution is 5.43. The molecule has 100 valence electrons. The second-order valence-corrected chi connectivity index (χ2v) is 4.90. The number of nitrogens with one attached hydrogen (secondary N) is 1. The summed E-state index contributed by atoms with van der Waals surface area (Å²) < 4.78 is 10.7. The molecule has 1 saturated carbocycles. The summed E-state index contributed by atoms with van der Waals surface area (Å²) in [5.41, 5.74) is 1.29. The van der Waals surface area contributed by atoms with E-state index < -0.39 is 0 Å². The number of benzene rings is 1. The Morgan fingerprint density at radius 2 is 1.94 bits per heavy atom. The molecule has 2 rings (SSSR count). The lowest BCUT2D eigenvalue weighted by atomic mass is 10.0. The maximum Gasteiger partial charge on any atom is 0.161 e. The molecule has 1 unspecified atom stereocenters. The van der Waals surface area contributed by atoms with Crippen molar-refractivity contribution in [2.75, 3.05) is 20.8 Å². The molecular formula is C15H23NO2. The third kappa shape index (κ3) is 3.16. The van der Waals surface area contributed by atoms with Crippen LogP contribution in [-0.2, 0) is 0 Å². The van der Waals surface area contributed by atoms with Gasteiger partial charge in [-0.05, 0) is 36.6 Å². The van der Waals surface area contributed by atoms with E-state index in [-0.39, 0.29) is 0 Å². The van der Waals surface area contributed by atoms with Gasteiger partial charge in [-0.25, -0.2) is 0 Å². The first-order valence-electron chi connectivity index (χ1n) is 6.73. The lowest BCUT2D eigenvalue weighted by Gasteiger charge is -2.19. The highest BCUT2D eigenvalue weighted by Gasteiger charge is 2.26. The highest BCUT2D eigenvalue weighted by Crippen LogP contribution is 2.39. The van der Waals surface area contributed by atoms with Crippen molar-refractivity contribution in [3.8, 4) is 11.5 Å². The van der Waals surface area contributed by atoms with Crippen LogP contribution in [0.25, 0.3) is 0 Å². The Kier molecular flexibility index (Phi) is 4.48. The number of ether oxygens (including phenoxy) is 2. The Morgan fingerprint density at radius 3 is 2.50 bits per heavy atom. The Hall–Kier alpha value is -1.22. The SMILES string of the molecule is CCNC(CC1CC1)c1ccc(OC)c(OC)c1. The lowest BCUT2D eigenvalue weighted by molar-refractivity contribution is 0.353. The molecule has 1 aliphatic rings. The van der Waals surface area contributed by atoms with E-state index >= 15 is 0 Å². The second kappa shape index (κ2) is 6.10. The van der Waals surface area contributed by atoms with Gasteiger partial charge in [0, 0.05) is 6.04 Å². The van der Waals surface area contributed by atoms with Gasteiger partial charge in [0.15, 0.2) is 11.5 Å². The molecular weight excluding hydrogens is 226 g/mol. The van der Waals surface area contributed by atoms with E-state index in [0.29, 0.717) is 6.04 Å². The molecule has 1 aromatic carbocycles. The first kappa shape index (κ1) is 13.2. The van der Waals surface area contributed by atoms with Crippen molar-refractivity contribution < 1.29 is 9.47 Å². The summed E-state index contributed by atoms with van der Waals surface area (Å²) in [5, 5.41) is 3.56.